The van der Waals surface area contributed by atoms with Crippen LogP contribution in [0.2, 0.25) is 0 Å². The highest BCUT2D eigenvalue weighted by Gasteiger charge is 2.58. The molecule has 0 radical (unpaired) electrons. The number of carbonyl (C=O) groups is 1. The van der Waals surface area contributed by atoms with E-state index < -0.39 is 0 Å². The number of carbonyl (C=O) groups excluding carboxylic acids is 1. The molecule has 212 valence electrons. The Morgan fingerprint density at radius 1 is 1.08 bits per heavy atom. The van der Waals surface area contributed by atoms with E-state index in [4.69, 9.17) is 9.47 Å². The zero-order valence-corrected chi connectivity index (χ0v) is 24.0. The minimum atomic E-state index is -0.345. The third-order valence-corrected chi connectivity index (χ3v) is 13.8. The van der Waals surface area contributed by atoms with Crippen molar-refractivity contribution in [3.63, 3.8) is 0 Å². The normalized spacial score (nSPS) is 43.3. The molecule has 8 rings (SSSR count). The Kier molecular flexibility index (Phi) is 6.77. The summed E-state index contributed by atoms with van der Waals surface area (Å²) in [4.78, 5) is 24.0. The Morgan fingerprint density at radius 3 is 2.59 bits per heavy atom. The molecule has 1 N–H and O–H groups in total. The maximum Gasteiger partial charge on any atom is 0.344 e. The Morgan fingerprint density at radius 2 is 1.85 bits per heavy atom. The molecule has 0 heterocycles. The number of nitrogens with zero attached hydrogens (tertiary/aromatic N) is 1. The van der Waals surface area contributed by atoms with Crippen LogP contribution in [0.25, 0.3) is 0 Å². The number of aryl methyl sites for hydroxylation is 1. The highest BCUT2D eigenvalue weighted by molar-refractivity contribution is 7.99. The third-order valence-electron chi connectivity index (χ3n) is 12.5. The van der Waals surface area contributed by atoms with Crippen LogP contribution in [0.1, 0.15) is 94.6 Å². The summed E-state index contributed by atoms with van der Waals surface area (Å²) in [6, 6.07) is 6.37. The van der Waals surface area contributed by atoms with E-state index in [9.17, 15) is 14.8 Å². The molecule has 7 heteroatoms. The van der Waals surface area contributed by atoms with Gasteiger partial charge in [-0.05, 0) is 147 Å². The van der Waals surface area contributed by atoms with Crippen LogP contribution >= 0.6 is 11.9 Å². The average molecular weight is 554 g/mol. The van der Waals surface area contributed by atoms with Crippen molar-refractivity contribution >= 4 is 17.9 Å². The van der Waals surface area contributed by atoms with Crippen LogP contribution < -0.4 is 4.74 Å². The number of aliphatic hydroxyl groups is 1. The van der Waals surface area contributed by atoms with Gasteiger partial charge in [-0.25, -0.2) is 4.79 Å². The van der Waals surface area contributed by atoms with Crippen molar-refractivity contribution in [2.45, 2.75) is 101 Å². The quantitative estimate of drug-likeness (QED) is 0.216. The van der Waals surface area contributed by atoms with Crippen molar-refractivity contribution in [3.8, 4) is 5.75 Å². The van der Waals surface area contributed by atoms with Gasteiger partial charge in [0.15, 0.2) is 6.61 Å². The average Bonchev–Trinajstić information content (AvgIpc) is 3.23. The molecular weight excluding hydrogens is 510 g/mol. The number of benzene rings is 1. The van der Waals surface area contributed by atoms with Crippen LogP contribution in [0.5, 0.6) is 5.75 Å². The lowest BCUT2D eigenvalue weighted by atomic mass is 9.51. The number of ether oxygens (including phenoxy) is 2. The predicted molar refractivity (Wildman–Crippen MR) is 151 cm³/mol. The Hall–Kier alpha value is -1.60. The van der Waals surface area contributed by atoms with Gasteiger partial charge < -0.3 is 14.6 Å². The molecule has 5 atom stereocenters. The summed E-state index contributed by atoms with van der Waals surface area (Å²) in [5.41, 5.74) is 2.90. The van der Waals surface area contributed by atoms with Crippen molar-refractivity contribution in [3.05, 3.63) is 34.2 Å². The van der Waals surface area contributed by atoms with E-state index in [1.807, 2.05) is 6.07 Å². The molecule has 6 nitrogen and oxygen atoms in total. The first kappa shape index (κ1) is 26.3. The monoisotopic (exact) mass is 553 g/mol. The molecule has 1 aromatic rings. The van der Waals surface area contributed by atoms with Crippen molar-refractivity contribution in [2.24, 2.45) is 45.5 Å². The zero-order valence-electron chi connectivity index (χ0n) is 23.2. The topological polar surface area (TPSA) is 85.2 Å². The lowest BCUT2D eigenvalue weighted by Crippen LogP contribution is -2.56. The molecule has 39 heavy (non-hydrogen) atoms. The molecule has 4 bridgehead atoms. The number of esters is 1. The lowest BCUT2D eigenvalue weighted by molar-refractivity contribution is -0.147. The summed E-state index contributed by atoms with van der Waals surface area (Å²) >= 11 is 1.24. The van der Waals surface area contributed by atoms with Gasteiger partial charge in [-0.1, -0.05) is 13.0 Å². The minimum absolute atomic E-state index is 0.0910. The summed E-state index contributed by atoms with van der Waals surface area (Å²) in [5, 5.41) is 10.6. The third kappa shape index (κ3) is 4.36. The number of rotatable bonds is 8. The second kappa shape index (κ2) is 10.0. The molecule has 0 amide bonds. The number of hydrogen-bond acceptors (Lipinski definition) is 7. The number of fused-ring (bicyclic) bond motifs is 5. The van der Waals surface area contributed by atoms with E-state index >= 15 is 0 Å². The Labute approximate surface area is 236 Å². The number of nitroso groups, excluding NO2 is 1. The van der Waals surface area contributed by atoms with Crippen molar-refractivity contribution in [1.29, 1.82) is 0 Å². The van der Waals surface area contributed by atoms with Gasteiger partial charge in [-0.15, -0.1) is 4.91 Å². The van der Waals surface area contributed by atoms with Crippen LogP contribution in [0.15, 0.2) is 22.8 Å². The maximum absolute atomic E-state index is 12.6. The minimum Gasteiger partial charge on any atom is -0.482 e. The summed E-state index contributed by atoms with van der Waals surface area (Å²) in [7, 11) is 0. The number of aliphatic hydroxyl groups excluding tert-OH is 1. The fraction of sp³-hybridized carbons (Fsp3) is 0.781. The van der Waals surface area contributed by atoms with Crippen LogP contribution in [-0.4, -0.2) is 35.1 Å². The largest absolute Gasteiger partial charge is 0.482 e. The van der Waals surface area contributed by atoms with Crippen LogP contribution in [0.4, 0.5) is 0 Å². The van der Waals surface area contributed by atoms with E-state index in [2.05, 4.69) is 23.6 Å². The molecule has 6 fully saturated rings. The first-order valence-electron chi connectivity index (χ1n) is 15.5. The molecule has 1 aromatic carbocycles. The van der Waals surface area contributed by atoms with Crippen molar-refractivity contribution in [1.82, 2.24) is 0 Å². The van der Waals surface area contributed by atoms with Gasteiger partial charge in [0, 0.05) is 16.5 Å². The predicted octanol–water partition coefficient (Wildman–Crippen LogP) is 6.83. The van der Waals surface area contributed by atoms with Gasteiger partial charge >= 0.3 is 5.97 Å². The molecule has 0 saturated heterocycles. The fourth-order valence-electron chi connectivity index (χ4n) is 10.8. The molecule has 0 spiro atoms. The second-order valence-electron chi connectivity index (χ2n) is 14.1. The molecule has 7 aliphatic carbocycles. The first-order valence-corrected chi connectivity index (χ1v) is 16.3. The van der Waals surface area contributed by atoms with Gasteiger partial charge in [0.2, 0.25) is 0 Å². The summed E-state index contributed by atoms with van der Waals surface area (Å²) in [5.74, 6) is 4.95. The highest BCUT2D eigenvalue weighted by atomic mass is 32.2. The fourth-order valence-corrected chi connectivity index (χ4v) is 11.8. The SMILES string of the molecule is C[C@]12CC[C@@H]3c4ccc(OCC(=O)OCCC5(SN=O)C6CC7CC(C6)CC5C7)cc4CC[C@H]3[C@@H]1CC[C@@H]2O. The molecule has 0 aliphatic heterocycles. The van der Waals surface area contributed by atoms with Crippen LogP contribution in [0.3, 0.4) is 0 Å². The molecule has 0 unspecified atom stereocenters. The van der Waals surface area contributed by atoms with Crippen LogP contribution in [0, 0.1) is 45.8 Å². The van der Waals surface area contributed by atoms with Gasteiger partial charge in [0.05, 0.1) is 17.5 Å². The van der Waals surface area contributed by atoms with Gasteiger partial charge in [-0.3, -0.25) is 0 Å². The van der Waals surface area contributed by atoms with E-state index in [1.54, 1.807) is 0 Å². The molecular formula is C32H43NO5S. The summed E-state index contributed by atoms with van der Waals surface area (Å²) < 4.78 is 14.7. The Balaban J connectivity index is 0.935. The molecule has 0 aromatic heterocycles. The van der Waals surface area contributed by atoms with E-state index in [1.165, 1.54) is 61.6 Å². The van der Waals surface area contributed by atoms with E-state index in [0.29, 0.717) is 42.6 Å². The van der Waals surface area contributed by atoms with E-state index in [0.717, 1.165) is 49.7 Å². The smallest absolute Gasteiger partial charge is 0.344 e. The number of hydrogen-bond donors (Lipinski definition) is 1. The van der Waals surface area contributed by atoms with Gasteiger partial charge in [0.1, 0.15) is 5.75 Å². The maximum atomic E-state index is 12.6. The van der Waals surface area contributed by atoms with Gasteiger partial charge in [0.25, 0.3) is 0 Å². The van der Waals surface area contributed by atoms with Crippen molar-refractivity contribution in [2.75, 3.05) is 13.2 Å². The Bertz CT molecular complexity index is 1100. The zero-order chi connectivity index (χ0) is 26.8. The first-order chi connectivity index (χ1) is 18.9. The highest BCUT2D eigenvalue weighted by Crippen LogP contribution is 2.64. The molecule has 6 saturated carbocycles. The molecule has 7 aliphatic rings. The standard InChI is InChI=1S/C32H43NO5S/c1-31-9-8-26-25-5-3-24(17-21(25)2-4-27(26)28(31)6-7-29(31)34)38-18-30(35)37-11-10-32(39-33-36)22-13-19-12-20(15-22)16-23(32)14-19/h3,5,17,19-20,22-23,26-29,34H,2,4,6-16,18H2,1H3/t19?,20?,22?,23?,26-,27-,28+,29+,31+,32?/m1/s1. The summed E-state index contributed by atoms with van der Waals surface area (Å²) in [6.45, 7) is 2.55. The summed E-state index contributed by atoms with van der Waals surface area (Å²) in [6.07, 6.45) is 13.3. The van der Waals surface area contributed by atoms with Crippen LogP contribution in [-0.2, 0) is 16.0 Å². The van der Waals surface area contributed by atoms with E-state index in [-0.39, 0.29) is 28.8 Å². The second-order valence-corrected chi connectivity index (χ2v) is 15.2. The van der Waals surface area contributed by atoms with Gasteiger partial charge in [-0.2, -0.15) is 0 Å². The van der Waals surface area contributed by atoms with Crippen molar-refractivity contribution < 1.29 is 19.4 Å². The lowest BCUT2D eigenvalue weighted by Gasteiger charge is -2.59.